The first kappa shape index (κ1) is 14.3. The third-order valence-corrected chi connectivity index (χ3v) is 3.22. The van der Waals surface area contributed by atoms with Gasteiger partial charge in [0.15, 0.2) is 0 Å². The van der Waals surface area contributed by atoms with Gasteiger partial charge < -0.3 is 10.5 Å². The van der Waals surface area contributed by atoms with Gasteiger partial charge in [0.25, 0.3) is 0 Å². The molecule has 0 aliphatic carbocycles. The molecule has 17 heavy (non-hydrogen) atoms. The van der Waals surface area contributed by atoms with Crippen LogP contribution < -0.4 is 10.5 Å². The Morgan fingerprint density at radius 2 is 2.06 bits per heavy atom. The molecule has 0 radical (unpaired) electrons. The van der Waals surface area contributed by atoms with Gasteiger partial charge in [-0.3, -0.25) is 0 Å². The van der Waals surface area contributed by atoms with Crippen molar-refractivity contribution in [1.82, 2.24) is 0 Å². The van der Waals surface area contributed by atoms with E-state index in [2.05, 4.69) is 13.8 Å². The van der Waals surface area contributed by atoms with Crippen molar-refractivity contribution in [3.8, 4) is 5.75 Å². The van der Waals surface area contributed by atoms with E-state index in [0.717, 1.165) is 47.8 Å². The highest BCUT2D eigenvalue weighted by Crippen LogP contribution is 2.28. The maximum Gasteiger partial charge on any atom is 0.122 e. The van der Waals surface area contributed by atoms with Crippen LogP contribution in [-0.2, 0) is 6.42 Å². The van der Waals surface area contributed by atoms with E-state index < -0.39 is 0 Å². The summed E-state index contributed by atoms with van der Waals surface area (Å²) in [5.41, 5.74) is 8.15. The Morgan fingerprint density at radius 1 is 1.35 bits per heavy atom. The molecule has 1 aromatic carbocycles. The van der Waals surface area contributed by atoms with Crippen LogP contribution >= 0.6 is 11.6 Å². The first-order valence-electron chi connectivity index (χ1n) is 6.25. The SMILES string of the molecule is CCCOc1cc(C)c(Cl)cc1CC(N)CC. The maximum atomic E-state index is 6.15. The molecule has 0 saturated heterocycles. The van der Waals surface area contributed by atoms with E-state index >= 15 is 0 Å². The minimum Gasteiger partial charge on any atom is -0.493 e. The summed E-state index contributed by atoms with van der Waals surface area (Å²) in [6, 6.07) is 4.16. The molecule has 96 valence electrons. The molecule has 1 rings (SSSR count). The van der Waals surface area contributed by atoms with Crippen molar-refractivity contribution in [2.45, 2.75) is 46.1 Å². The molecule has 0 amide bonds. The van der Waals surface area contributed by atoms with Gasteiger partial charge in [0.1, 0.15) is 5.75 Å². The minimum atomic E-state index is 0.165. The summed E-state index contributed by atoms with van der Waals surface area (Å²) in [5, 5.41) is 0.784. The van der Waals surface area contributed by atoms with Gasteiger partial charge in [0.2, 0.25) is 0 Å². The Labute approximate surface area is 109 Å². The summed E-state index contributed by atoms with van der Waals surface area (Å²) in [6.07, 6.45) is 2.77. The number of nitrogens with two attached hydrogens (primary N) is 1. The van der Waals surface area contributed by atoms with Gasteiger partial charge in [-0.05, 0) is 49.4 Å². The predicted octanol–water partition coefficient (Wildman–Crippen LogP) is 3.72. The fourth-order valence-corrected chi connectivity index (χ4v) is 1.82. The van der Waals surface area contributed by atoms with Crippen LogP contribution in [0.4, 0.5) is 0 Å². The summed E-state index contributed by atoms with van der Waals surface area (Å²) >= 11 is 6.15. The van der Waals surface area contributed by atoms with Crippen molar-refractivity contribution in [3.63, 3.8) is 0 Å². The Bertz CT molecular complexity index is 365. The lowest BCUT2D eigenvalue weighted by Gasteiger charge is -2.15. The van der Waals surface area contributed by atoms with Crippen molar-refractivity contribution in [2.75, 3.05) is 6.61 Å². The molecule has 2 N–H and O–H groups in total. The summed E-state index contributed by atoms with van der Waals surface area (Å²) in [5.74, 6) is 0.928. The van der Waals surface area contributed by atoms with Gasteiger partial charge in [-0.25, -0.2) is 0 Å². The zero-order chi connectivity index (χ0) is 12.8. The molecule has 0 spiro atoms. The Hall–Kier alpha value is -0.730. The maximum absolute atomic E-state index is 6.15. The Kier molecular flexibility index (Phi) is 5.79. The van der Waals surface area contributed by atoms with Crippen molar-refractivity contribution in [1.29, 1.82) is 0 Å². The van der Waals surface area contributed by atoms with Crippen molar-refractivity contribution in [2.24, 2.45) is 5.73 Å². The lowest BCUT2D eigenvalue weighted by molar-refractivity contribution is 0.313. The number of benzene rings is 1. The van der Waals surface area contributed by atoms with Crippen LogP contribution in [0.25, 0.3) is 0 Å². The fraction of sp³-hybridized carbons (Fsp3) is 0.571. The number of rotatable bonds is 6. The highest BCUT2D eigenvalue weighted by molar-refractivity contribution is 6.31. The monoisotopic (exact) mass is 255 g/mol. The second-order valence-electron chi connectivity index (χ2n) is 4.43. The summed E-state index contributed by atoms with van der Waals surface area (Å²) in [7, 11) is 0. The number of hydrogen-bond donors (Lipinski definition) is 1. The Balaban J connectivity index is 2.94. The van der Waals surface area contributed by atoms with Crippen LogP contribution in [0, 0.1) is 6.92 Å². The van der Waals surface area contributed by atoms with Gasteiger partial charge in [-0.2, -0.15) is 0 Å². The normalized spacial score (nSPS) is 12.5. The molecule has 0 aromatic heterocycles. The van der Waals surface area contributed by atoms with Crippen molar-refractivity contribution in [3.05, 3.63) is 28.3 Å². The van der Waals surface area contributed by atoms with E-state index in [9.17, 15) is 0 Å². The molecule has 0 saturated carbocycles. The van der Waals surface area contributed by atoms with Crippen molar-refractivity contribution < 1.29 is 4.74 Å². The van der Waals surface area contributed by atoms with Crippen molar-refractivity contribution >= 4 is 11.6 Å². The third-order valence-electron chi connectivity index (χ3n) is 2.81. The molecule has 0 fully saturated rings. The average Bonchev–Trinajstić information content (AvgIpc) is 2.31. The lowest BCUT2D eigenvalue weighted by atomic mass is 10.0. The quantitative estimate of drug-likeness (QED) is 0.841. The molecule has 1 aromatic rings. The number of aryl methyl sites for hydroxylation is 1. The van der Waals surface area contributed by atoms with Gasteiger partial charge in [-0.1, -0.05) is 25.4 Å². The molecule has 3 heteroatoms. The third kappa shape index (κ3) is 4.21. The number of ether oxygens (including phenoxy) is 1. The standard InChI is InChI=1S/C14H22ClNO/c1-4-6-17-14-7-10(3)13(15)9-11(14)8-12(16)5-2/h7,9,12H,4-6,8,16H2,1-3H3. The van der Waals surface area contributed by atoms with Gasteiger partial charge in [-0.15, -0.1) is 0 Å². The molecule has 1 unspecified atom stereocenters. The molecular weight excluding hydrogens is 234 g/mol. The molecule has 1 atom stereocenters. The first-order chi connectivity index (χ1) is 8.08. The van der Waals surface area contributed by atoms with Crippen LogP contribution in [-0.4, -0.2) is 12.6 Å². The van der Waals surface area contributed by atoms with E-state index in [1.54, 1.807) is 0 Å². The molecule has 0 bridgehead atoms. The van der Waals surface area contributed by atoms with Gasteiger partial charge in [0.05, 0.1) is 6.61 Å². The second-order valence-corrected chi connectivity index (χ2v) is 4.84. The lowest BCUT2D eigenvalue weighted by Crippen LogP contribution is -2.21. The van der Waals surface area contributed by atoms with E-state index in [1.165, 1.54) is 0 Å². The molecule has 0 heterocycles. The van der Waals surface area contributed by atoms with E-state index in [-0.39, 0.29) is 6.04 Å². The van der Waals surface area contributed by atoms with E-state index in [0.29, 0.717) is 0 Å². The van der Waals surface area contributed by atoms with Crippen LogP contribution in [0.15, 0.2) is 12.1 Å². The average molecular weight is 256 g/mol. The minimum absolute atomic E-state index is 0.165. The first-order valence-corrected chi connectivity index (χ1v) is 6.63. The molecule has 0 aliphatic rings. The van der Waals surface area contributed by atoms with E-state index in [4.69, 9.17) is 22.1 Å². The smallest absolute Gasteiger partial charge is 0.122 e. The van der Waals surface area contributed by atoms with Crippen LogP contribution in [0.1, 0.15) is 37.8 Å². The largest absolute Gasteiger partial charge is 0.493 e. The molecule has 0 aliphatic heterocycles. The highest BCUT2D eigenvalue weighted by Gasteiger charge is 2.10. The summed E-state index contributed by atoms with van der Waals surface area (Å²) < 4.78 is 5.75. The van der Waals surface area contributed by atoms with Gasteiger partial charge in [0, 0.05) is 11.1 Å². The highest BCUT2D eigenvalue weighted by atomic mass is 35.5. The molecule has 2 nitrogen and oxygen atoms in total. The fourth-order valence-electron chi connectivity index (χ4n) is 1.63. The second kappa shape index (κ2) is 6.87. The van der Waals surface area contributed by atoms with Gasteiger partial charge >= 0.3 is 0 Å². The predicted molar refractivity (Wildman–Crippen MR) is 73.9 cm³/mol. The number of hydrogen-bond acceptors (Lipinski definition) is 2. The number of halogens is 1. The van der Waals surface area contributed by atoms with Crippen LogP contribution in [0.2, 0.25) is 5.02 Å². The summed E-state index contributed by atoms with van der Waals surface area (Å²) in [4.78, 5) is 0. The zero-order valence-electron chi connectivity index (χ0n) is 10.9. The zero-order valence-corrected chi connectivity index (χ0v) is 11.7. The molecular formula is C14H22ClNO. The van der Waals surface area contributed by atoms with Crippen LogP contribution in [0.5, 0.6) is 5.75 Å². The van der Waals surface area contributed by atoms with E-state index in [1.807, 2.05) is 19.1 Å². The topological polar surface area (TPSA) is 35.2 Å². The summed E-state index contributed by atoms with van der Waals surface area (Å²) in [6.45, 7) is 6.91. The Morgan fingerprint density at radius 3 is 2.65 bits per heavy atom. The van der Waals surface area contributed by atoms with Crippen LogP contribution in [0.3, 0.4) is 0 Å².